The van der Waals surface area contributed by atoms with Crippen LogP contribution in [-0.2, 0) is 9.84 Å². The monoisotopic (exact) mass is 302 g/mol. The summed E-state index contributed by atoms with van der Waals surface area (Å²) < 4.78 is 30.2. The average Bonchev–Trinajstić information content (AvgIpc) is 2.69. The second kappa shape index (κ2) is 4.93. The maximum absolute atomic E-state index is 12.3. The SMILES string of the molecule is Cc1ccc(OCC2=Cc3cc(O)ccc3S2(=O)=O)cc1. The van der Waals surface area contributed by atoms with Crippen LogP contribution in [0.4, 0.5) is 0 Å². The Morgan fingerprint density at radius 3 is 2.52 bits per heavy atom. The lowest BCUT2D eigenvalue weighted by Crippen LogP contribution is -2.08. The van der Waals surface area contributed by atoms with Crippen LogP contribution in [-0.4, -0.2) is 20.1 Å². The number of aromatic hydroxyl groups is 1. The van der Waals surface area contributed by atoms with Crippen molar-refractivity contribution >= 4 is 15.9 Å². The van der Waals surface area contributed by atoms with E-state index in [2.05, 4.69) is 0 Å². The molecule has 0 atom stereocenters. The molecular formula is C16H14O4S. The van der Waals surface area contributed by atoms with Crippen LogP contribution in [0.5, 0.6) is 11.5 Å². The molecular weight excluding hydrogens is 288 g/mol. The fourth-order valence-corrected chi connectivity index (χ4v) is 3.65. The molecule has 2 aromatic rings. The van der Waals surface area contributed by atoms with Gasteiger partial charge in [-0.15, -0.1) is 0 Å². The lowest BCUT2D eigenvalue weighted by atomic mass is 10.2. The van der Waals surface area contributed by atoms with E-state index >= 15 is 0 Å². The number of fused-ring (bicyclic) bond motifs is 1. The maximum Gasteiger partial charge on any atom is 0.206 e. The van der Waals surface area contributed by atoms with E-state index in [1.807, 2.05) is 19.1 Å². The van der Waals surface area contributed by atoms with Gasteiger partial charge in [0.1, 0.15) is 18.1 Å². The second-order valence-corrected chi connectivity index (χ2v) is 6.91. The Kier molecular flexibility index (Phi) is 3.22. The van der Waals surface area contributed by atoms with Crippen molar-refractivity contribution in [1.82, 2.24) is 0 Å². The third kappa shape index (κ3) is 2.52. The van der Waals surface area contributed by atoms with Gasteiger partial charge in [-0.1, -0.05) is 17.7 Å². The summed E-state index contributed by atoms with van der Waals surface area (Å²) in [5.74, 6) is 0.663. The normalized spacial score (nSPS) is 15.4. The van der Waals surface area contributed by atoms with Crippen molar-refractivity contribution < 1.29 is 18.3 Å². The largest absolute Gasteiger partial charge is 0.508 e. The smallest absolute Gasteiger partial charge is 0.206 e. The predicted octanol–water partition coefficient (Wildman–Crippen LogP) is 2.91. The summed E-state index contributed by atoms with van der Waals surface area (Å²) in [6, 6.07) is 11.6. The minimum atomic E-state index is -3.52. The van der Waals surface area contributed by atoms with Gasteiger partial charge in [-0.25, -0.2) is 8.42 Å². The van der Waals surface area contributed by atoms with E-state index in [1.165, 1.54) is 18.2 Å². The van der Waals surface area contributed by atoms with E-state index in [9.17, 15) is 13.5 Å². The van der Waals surface area contributed by atoms with Crippen LogP contribution < -0.4 is 4.74 Å². The predicted molar refractivity (Wildman–Crippen MR) is 79.9 cm³/mol. The fraction of sp³-hybridized carbons (Fsp3) is 0.125. The molecule has 0 saturated heterocycles. The topological polar surface area (TPSA) is 63.6 Å². The molecule has 2 aromatic carbocycles. The Labute approximate surface area is 123 Å². The first kappa shape index (κ1) is 13.7. The van der Waals surface area contributed by atoms with Crippen molar-refractivity contribution in [2.75, 3.05) is 6.61 Å². The highest BCUT2D eigenvalue weighted by molar-refractivity contribution is 7.95. The van der Waals surface area contributed by atoms with Crippen LogP contribution >= 0.6 is 0 Å². The molecule has 0 aromatic heterocycles. The average molecular weight is 302 g/mol. The van der Waals surface area contributed by atoms with Crippen molar-refractivity contribution in [3.8, 4) is 11.5 Å². The quantitative estimate of drug-likeness (QED) is 0.947. The molecule has 0 radical (unpaired) electrons. The van der Waals surface area contributed by atoms with E-state index in [1.54, 1.807) is 18.2 Å². The maximum atomic E-state index is 12.3. The first-order chi connectivity index (χ1) is 9.96. The zero-order valence-corrected chi connectivity index (χ0v) is 12.2. The molecule has 0 amide bonds. The van der Waals surface area contributed by atoms with E-state index in [0.717, 1.165) is 5.56 Å². The molecule has 0 aliphatic carbocycles. The van der Waals surface area contributed by atoms with Crippen LogP contribution in [0.2, 0.25) is 0 Å². The number of sulfone groups is 1. The van der Waals surface area contributed by atoms with Crippen LogP contribution in [0.3, 0.4) is 0 Å². The van der Waals surface area contributed by atoms with Crippen molar-refractivity contribution in [2.45, 2.75) is 11.8 Å². The molecule has 108 valence electrons. The summed E-state index contributed by atoms with van der Waals surface area (Å²) in [5, 5.41) is 9.43. The van der Waals surface area contributed by atoms with E-state index in [0.29, 0.717) is 11.3 Å². The molecule has 5 heteroatoms. The molecule has 21 heavy (non-hydrogen) atoms. The first-order valence-corrected chi connectivity index (χ1v) is 7.93. The van der Waals surface area contributed by atoms with Crippen LogP contribution in [0, 0.1) is 6.92 Å². The van der Waals surface area contributed by atoms with Crippen molar-refractivity contribution in [2.24, 2.45) is 0 Å². The Bertz CT molecular complexity index is 818. The summed E-state index contributed by atoms with van der Waals surface area (Å²) in [6.07, 6.45) is 1.54. The lowest BCUT2D eigenvalue weighted by molar-refractivity contribution is 0.359. The molecule has 0 fully saturated rings. The summed E-state index contributed by atoms with van der Waals surface area (Å²) >= 11 is 0. The van der Waals surface area contributed by atoms with Crippen molar-refractivity contribution in [3.63, 3.8) is 0 Å². The number of rotatable bonds is 3. The van der Waals surface area contributed by atoms with E-state index in [-0.39, 0.29) is 22.2 Å². The Hall–Kier alpha value is -2.27. The van der Waals surface area contributed by atoms with Crippen LogP contribution in [0.15, 0.2) is 52.3 Å². The lowest BCUT2D eigenvalue weighted by Gasteiger charge is -2.07. The Balaban J connectivity index is 1.84. The van der Waals surface area contributed by atoms with Crippen molar-refractivity contribution in [3.05, 3.63) is 58.5 Å². The van der Waals surface area contributed by atoms with E-state index in [4.69, 9.17) is 4.74 Å². The van der Waals surface area contributed by atoms with Crippen LogP contribution in [0.25, 0.3) is 6.08 Å². The highest BCUT2D eigenvalue weighted by Gasteiger charge is 2.30. The highest BCUT2D eigenvalue weighted by atomic mass is 32.2. The van der Waals surface area contributed by atoms with Gasteiger partial charge >= 0.3 is 0 Å². The van der Waals surface area contributed by atoms with Gasteiger partial charge in [0, 0.05) is 0 Å². The number of phenols is 1. The molecule has 1 heterocycles. The number of hydrogen-bond acceptors (Lipinski definition) is 4. The summed E-state index contributed by atoms with van der Waals surface area (Å²) in [7, 11) is -3.52. The zero-order valence-electron chi connectivity index (χ0n) is 11.4. The van der Waals surface area contributed by atoms with Gasteiger partial charge in [-0.05, 0) is 48.9 Å². The Morgan fingerprint density at radius 1 is 1.10 bits per heavy atom. The summed E-state index contributed by atoms with van der Waals surface area (Å²) in [5.41, 5.74) is 1.61. The number of ether oxygens (including phenoxy) is 1. The highest BCUT2D eigenvalue weighted by Crippen LogP contribution is 2.34. The molecule has 0 unspecified atom stereocenters. The van der Waals surface area contributed by atoms with Gasteiger partial charge in [-0.2, -0.15) is 0 Å². The van der Waals surface area contributed by atoms with Gasteiger partial charge < -0.3 is 9.84 Å². The Morgan fingerprint density at radius 2 is 1.81 bits per heavy atom. The first-order valence-electron chi connectivity index (χ1n) is 6.45. The standard InChI is InChI=1S/C16H14O4S/c1-11-2-5-14(6-3-11)20-10-15-9-12-8-13(17)4-7-16(12)21(15,18)19/h2-9,17H,10H2,1H3. The zero-order chi connectivity index (χ0) is 15.0. The van der Waals surface area contributed by atoms with Gasteiger partial charge in [0.05, 0.1) is 9.80 Å². The molecule has 3 rings (SSSR count). The van der Waals surface area contributed by atoms with Gasteiger partial charge in [0.2, 0.25) is 9.84 Å². The summed E-state index contributed by atoms with van der Waals surface area (Å²) in [4.78, 5) is 0.409. The minimum absolute atomic E-state index is 0.0269. The van der Waals surface area contributed by atoms with Gasteiger partial charge in [-0.3, -0.25) is 0 Å². The molecule has 1 aliphatic rings. The molecule has 0 spiro atoms. The van der Waals surface area contributed by atoms with Gasteiger partial charge in [0.15, 0.2) is 0 Å². The third-order valence-corrected chi connectivity index (χ3v) is 5.22. The number of benzene rings is 2. The third-order valence-electron chi connectivity index (χ3n) is 3.35. The van der Waals surface area contributed by atoms with Gasteiger partial charge in [0.25, 0.3) is 0 Å². The van der Waals surface area contributed by atoms with Crippen LogP contribution in [0.1, 0.15) is 11.1 Å². The number of hydrogen-bond donors (Lipinski definition) is 1. The molecule has 0 bridgehead atoms. The van der Waals surface area contributed by atoms with E-state index < -0.39 is 9.84 Å². The molecule has 1 aliphatic heterocycles. The van der Waals surface area contributed by atoms with Crippen molar-refractivity contribution in [1.29, 1.82) is 0 Å². The fourth-order valence-electron chi connectivity index (χ4n) is 2.19. The second-order valence-electron chi connectivity index (χ2n) is 4.94. The summed E-state index contributed by atoms with van der Waals surface area (Å²) in [6.45, 7) is 1.94. The molecule has 1 N–H and O–H groups in total. The molecule has 4 nitrogen and oxygen atoms in total. The number of phenolic OH excluding ortho intramolecular Hbond substituents is 1. The minimum Gasteiger partial charge on any atom is -0.508 e. The number of aryl methyl sites for hydroxylation is 1. The molecule has 0 saturated carbocycles.